The van der Waals surface area contributed by atoms with E-state index in [1.807, 2.05) is 6.92 Å². The van der Waals surface area contributed by atoms with E-state index < -0.39 is 12.7 Å². The topological polar surface area (TPSA) is 66.0 Å². The fourth-order valence-electron chi connectivity index (χ4n) is 2.99. The number of hydrogen-bond acceptors (Lipinski definition) is 4. The Morgan fingerprint density at radius 1 is 1.28 bits per heavy atom. The van der Waals surface area contributed by atoms with Crippen molar-refractivity contribution >= 4 is 35.9 Å². The molecule has 10 heteroatoms. The van der Waals surface area contributed by atoms with Crippen LogP contribution in [0.15, 0.2) is 29.3 Å². The van der Waals surface area contributed by atoms with Gasteiger partial charge in [-0.15, -0.1) is 24.0 Å². The van der Waals surface area contributed by atoms with Gasteiger partial charge in [0.05, 0.1) is 25.3 Å². The number of carbonyl (C=O) groups excluding carboxylic acids is 1. The molecule has 0 radical (unpaired) electrons. The summed E-state index contributed by atoms with van der Waals surface area (Å²) in [5.41, 5.74) is 1.39. The number of halogens is 4. The largest absolute Gasteiger partial charge is 0.462 e. The Morgan fingerprint density at radius 2 is 1.97 bits per heavy atom. The minimum Gasteiger partial charge on any atom is -0.462 e. The average molecular weight is 528 g/mol. The number of nitrogens with zero attached hydrogens (tertiary/aromatic N) is 2. The maximum absolute atomic E-state index is 12.5. The summed E-state index contributed by atoms with van der Waals surface area (Å²) in [6, 6.07) is 6.91. The molecule has 1 fully saturated rings. The second-order valence-electron chi connectivity index (χ2n) is 6.59. The van der Waals surface area contributed by atoms with Crippen molar-refractivity contribution in [2.45, 2.75) is 39.0 Å². The minimum atomic E-state index is -4.18. The van der Waals surface area contributed by atoms with Crippen molar-refractivity contribution in [1.29, 1.82) is 0 Å². The van der Waals surface area contributed by atoms with E-state index in [9.17, 15) is 18.0 Å². The molecule has 29 heavy (non-hydrogen) atoms. The summed E-state index contributed by atoms with van der Waals surface area (Å²) in [5, 5.41) is 6.32. The Bertz CT molecular complexity index is 668. The van der Waals surface area contributed by atoms with Crippen LogP contribution in [-0.2, 0) is 11.3 Å². The second kappa shape index (κ2) is 12.2. The quantitative estimate of drug-likeness (QED) is 0.247. The summed E-state index contributed by atoms with van der Waals surface area (Å²) in [5.74, 6) is 0.202. The highest BCUT2D eigenvalue weighted by molar-refractivity contribution is 14.0. The maximum Gasteiger partial charge on any atom is 0.401 e. The normalized spacial score (nSPS) is 17.6. The van der Waals surface area contributed by atoms with Crippen molar-refractivity contribution in [1.82, 2.24) is 15.5 Å². The molecular formula is C19H28F3IN4O2. The van der Waals surface area contributed by atoms with E-state index in [4.69, 9.17) is 4.74 Å². The van der Waals surface area contributed by atoms with E-state index in [0.29, 0.717) is 50.7 Å². The third kappa shape index (κ3) is 9.20. The van der Waals surface area contributed by atoms with E-state index in [0.717, 1.165) is 5.56 Å². The average Bonchev–Trinajstić information content (AvgIpc) is 3.05. The molecule has 1 aromatic rings. The number of rotatable bonds is 7. The van der Waals surface area contributed by atoms with Crippen LogP contribution in [0.5, 0.6) is 0 Å². The highest BCUT2D eigenvalue weighted by Crippen LogP contribution is 2.20. The van der Waals surface area contributed by atoms with Crippen LogP contribution in [0.25, 0.3) is 0 Å². The SMILES string of the molecule is CCNC(=NCc1ccc(C(=O)OCC)cc1)NC1CCN(CC(F)(F)F)C1.I. The monoisotopic (exact) mass is 528 g/mol. The molecule has 0 saturated carbocycles. The van der Waals surface area contributed by atoms with Crippen molar-refractivity contribution in [2.24, 2.45) is 4.99 Å². The lowest BCUT2D eigenvalue weighted by Gasteiger charge is -2.19. The Kier molecular flexibility index (Phi) is 10.7. The number of hydrogen-bond donors (Lipinski definition) is 2. The van der Waals surface area contributed by atoms with E-state index in [1.165, 1.54) is 4.90 Å². The number of nitrogens with one attached hydrogen (secondary N) is 2. The smallest absolute Gasteiger partial charge is 0.401 e. The Balaban J connectivity index is 0.00000420. The van der Waals surface area contributed by atoms with Crippen LogP contribution in [0.3, 0.4) is 0 Å². The Labute approximate surface area is 186 Å². The van der Waals surface area contributed by atoms with Crippen molar-refractivity contribution in [3.05, 3.63) is 35.4 Å². The number of carbonyl (C=O) groups is 1. The van der Waals surface area contributed by atoms with Gasteiger partial charge in [0.25, 0.3) is 0 Å². The molecule has 1 aliphatic rings. The molecule has 1 aromatic carbocycles. The van der Waals surface area contributed by atoms with Gasteiger partial charge in [0.15, 0.2) is 5.96 Å². The summed E-state index contributed by atoms with van der Waals surface area (Å²) in [7, 11) is 0. The molecule has 1 heterocycles. The molecule has 1 aliphatic heterocycles. The fourth-order valence-corrected chi connectivity index (χ4v) is 2.99. The van der Waals surface area contributed by atoms with Crippen LogP contribution in [-0.4, -0.2) is 61.8 Å². The van der Waals surface area contributed by atoms with Gasteiger partial charge < -0.3 is 15.4 Å². The zero-order valence-corrected chi connectivity index (χ0v) is 18.9. The van der Waals surface area contributed by atoms with Crippen molar-refractivity contribution in [2.75, 3.05) is 32.8 Å². The van der Waals surface area contributed by atoms with Crippen LogP contribution in [0.2, 0.25) is 0 Å². The molecule has 6 nitrogen and oxygen atoms in total. The molecule has 164 valence electrons. The first-order valence-corrected chi connectivity index (χ1v) is 9.40. The van der Waals surface area contributed by atoms with Gasteiger partial charge in [-0.25, -0.2) is 9.79 Å². The first kappa shape index (κ1) is 25.5. The highest BCUT2D eigenvalue weighted by atomic mass is 127. The molecule has 2 rings (SSSR count). The molecular weight excluding hydrogens is 500 g/mol. The summed E-state index contributed by atoms with van der Waals surface area (Å²) >= 11 is 0. The van der Waals surface area contributed by atoms with Crippen LogP contribution in [0.1, 0.15) is 36.2 Å². The number of benzene rings is 1. The van der Waals surface area contributed by atoms with Gasteiger partial charge in [0.2, 0.25) is 0 Å². The van der Waals surface area contributed by atoms with E-state index in [2.05, 4.69) is 15.6 Å². The second-order valence-corrected chi connectivity index (χ2v) is 6.59. The minimum absolute atomic E-state index is 0. The lowest BCUT2D eigenvalue weighted by Crippen LogP contribution is -2.45. The Morgan fingerprint density at radius 3 is 2.55 bits per heavy atom. The molecule has 2 N–H and O–H groups in total. The van der Waals surface area contributed by atoms with Gasteiger partial charge in [0.1, 0.15) is 0 Å². The lowest BCUT2D eigenvalue weighted by atomic mass is 10.1. The van der Waals surface area contributed by atoms with E-state index in [1.54, 1.807) is 31.2 Å². The van der Waals surface area contributed by atoms with Crippen LogP contribution in [0.4, 0.5) is 13.2 Å². The first-order valence-electron chi connectivity index (χ1n) is 9.40. The third-order valence-electron chi connectivity index (χ3n) is 4.25. The van der Waals surface area contributed by atoms with Crippen molar-refractivity contribution in [3.63, 3.8) is 0 Å². The zero-order valence-electron chi connectivity index (χ0n) is 16.6. The summed E-state index contributed by atoms with van der Waals surface area (Å²) in [4.78, 5) is 17.6. The van der Waals surface area contributed by atoms with Gasteiger partial charge in [-0.3, -0.25) is 4.90 Å². The van der Waals surface area contributed by atoms with Gasteiger partial charge in [-0.1, -0.05) is 12.1 Å². The number of guanidine groups is 1. The number of esters is 1. The summed E-state index contributed by atoms with van der Waals surface area (Å²) in [6.45, 7) is 4.89. The zero-order chi connectivity index (χ0) is 20.6. The van der Waals surface area contributed by atoms with Crippen molar-refractivity contribution in [3.8, 4) is 0 Å². The third-order valence-corrected chi connectivity index (χ3v) is 4.25. The molecule has 0 aromatic heterocycles. The number of likely N-dealkylation sites (tertiary alicyclic amines) is 1. The lowest BCUT2D eigenvalue weighted by molar-refractivity contribution is -0.143. The first-order chi connectivity index (χ1) is 13.3. The standard InChI is InChI=1S/C19H27F3N4O2.HI/c1-3-23-18(25-16-9-10-26(12-16)13-19(20,21)22)24-11-14-5-7-15(8-6-14)17(27)28-4-2;/h5-8,16H,3-4,9-13H2,1-2H3,(H2,23,24,25);1H. The highest BCUT2D eigenvalue weighted by Gasteiger charge is 2.34. The van der Waals surface area contributed by atoms with Crippen LogP contribution in [0, 0.1) is 0 Å². The van der Waals surface area contributed by atoms with Crippen molar-refractivity contribution < 1.29 is 22.7 Å². The van der Waals surface area contributed by atoms with Crippen LogP contribution < -0.4 is 10.6 Å². The molecule has 0 bridgehead atoms. The fraction of sp³-hybridized carbons (Fsp3) is 0.579. The number of alkyl halides is 3. The van der Waals surface area contributed by atoms with Gasteiger partial charge >= 0.3 is 12.1 Å². The molecule has 0 amide bonds. The van der Waals surface area contributed by atoms with Gasteiger partial charge in [-0.05, 0) is 38.0 Å². The predicted molar refractivity (Wildman–Crippen MR) is 117 cm³/mol. The number of aliphatic imine (C=N–C) groups is 1. The summed E-state index contributed by atoms with van der Waals surface area (Å²) < 4.78 is 42.5. The van der Waals surface area contributed by atoms with E-state index in [-0.39, 0.29) is 36.0 Å². The van der Waals surface area contributed by atoms with Gasteiger partial charge in [-0.2, -0.15) is 13.2 Å². The molecule has 1 unspecified atom stereocenters. The van der Waals surface area contributed by atoms with Gasteiger partial charge in [0, 0.05) is 25.7 Å². The predicted octanol–water partition coefficient (Wildman–Crippen LogP) is 3.17. The summed E-state index contributed by atoms with van der Waals surface area (Å²) in [6.07, 6.45) is -3.54. The van der Waals surface area contributed by atoms with E-state index >= 15 is 0 Å². The Hall–Kier alpha value is -1.56. The molecule has 1 saturated heterocycles. The molecule has 0 spiro atoms. The number of ether oxygens (including phenoxy) is 1. The molecule has 0 aliphatic carbocycles. The van der Waals surface area contributed by atoms with Crippen LogP contribution >= 0.6 is 24.0 Å². The maximum atomic E-state index is 12.5. The molecule has 1 atom stereocenters.